The first kappa shape index (κ1) is 74.7. The van der Waals surface area contributed by atoms with Crippen LogP contribution in [0.5, 0.6) is 11.8 Å². The van der Waals surface area contributed by atoms with E-state index in [9.17, 15) is 67.9 Å². The molecule has 3 aliphatic heterocycles. The summed E-state index contributed by atoms with van der Waals surface area (Å²) in [5, 5.41) is 30.6. The number of fused-ring (bicyclic) bond motifs is 5. The molecule has 0 fully saturated rings. The smallest absolute Gasteiger partial charge is 0.265 e. The van der Waals surface area contributed by atoms with Crippen molar-refractivity contribution in [1.82, 2.24) is 22.5 Å². The van der Waals surface area contributed by atoms with Crippen LogP contribution in [0.1, 0.15) is 59.7 Å². The molecule has 0 saturated heterocycles. The zero-order valence-corrected chi connectivity index (χ0v) is 60.3. The highest BCUT2D eigenvalue weighted by molar-refractivity contribution is 8.13. The fourth-order valence-electron chi connectivity index (χ4n) is 11.0. The summed E-state index contributed by atoms with van der Waals surface area (Å²) in [6.07, 6.45) is 0.984. The molecule has 5 heterocycles. The Morgan fingerprint density at radius 1 is 0.456 bits per heavy atom. The molecular weight excluding hydrogens is 1420 g/mol. The van der Waals surface area contributed by atoms with Crippen LogP contribution in [0, 0.1) is 6.92 Å². The van der Waals surface area contributed by atoms with E-state index >= 15 is 0 Å². The number of hydrogen-bond acceptors (Lipinski definition) is 16. The number of aryl methyl sites for hydroxylation is 1. The van der Waals surface area contributed by atoms with Crippen LogP contribution < -0.4 is 16.0 Å². The van der Waals surface area contributed by atoms with Crippen molar-refractivity contribution in [1.29, 1.82) is 0 Å². The number of aromatic amines is 1. The Morgan fingerprint density at radius 3 is 1.38 bits per heavy atom. The lowest BCUT2D eigenvalue weighted by atomic mass is 10.0. The Labute approximate surface area is 599 Å². The fraction of sp³-hybridized carbons (Fsp3) is 0.135. The molecule has 29 heteroatoms. The standard InChI is InChI=1S/C24H23N3O3S.C24H20N2O5S.C10H12N2O3S.C8H6ClNO3S.C8H7NO/c1-16-9-11-18(12-10-16)25-23(17-7-5-4-6-8-17)22-20-15-19(31(29,30)27(2)3)13-14-21(20)26-24(22)28;1-25(2)32(30,31)18-13-14-20-19(15-18)21(22(27)16-9-5-3-6-10-16)24(29)26(20)23(28)17-11-7-4-8-12-17;1-12(2)16(14,15)8-3-4-9-7(5-8)6-10(13)11-9;9-14(12,13)6-1-2-7-5(3-6)4-8(11)10-7;10-8-5-6-3-1-2-4-7(6)9-8/h4-15,26,28H,1-3H3;3-15,29H,1-2H3;3-5H,6H2,1-2H3,(H,11,13);1-3H,4H2,(H,10,11);1-4H,5H2,(H,9,10). The third kappa shape index (κ3) is 16.7. The second kappa shape index (κ2) is 30.7. The van der Waals surface area contributed by atoms with Gasteiger partial charge >= 0.3 is 0 Å². The maximum Gasteiger partial charge on any atom is 0.265 e. The molecular formula is C74H68ClN9O15S4. The van der Waals surface area contributed by atoms with E-state index in [1.54, 1.807) is 84.9 Å². The van der Waals surface area contributed by atoms with Crippen LogP contribution in [0.25, 0.3) is 21.8 Å². The fourth-order valence-corrected chi connectivity index (χ4v) is 14.6. The van der Waals surface area contributed by atoms with E-state index in [0.717, 1.165) is 46.8 Å². The maximum atomic E-state index is 13.3. The van der Waals surface area contributed by atoms with Gasteiger partial charge in [0.15, 0.2) is 11.7 Å². The molecule has 0 saturated carbocycles. The Hall–Kier alpha value is -11.0. The third-order valence-electron chi connectivity index (χ3n) is 16.4. The number of benzene rings is 9. The summed E-state index contributed by atoms with van der Waals surface area (Å²) in [6.45, 7) is 2.00. The Kier molecular flexibility index (Phi) is 22.3. The number of carbonyl (C=O) groups is 5. The molecule has 0 bridgehead atoms. The van der Waals surface area contributed by atoms with Crippen molar-refractivity contribution in [2.45, 2.75) is 45.8 Å². The normalized spacial score (nSPS) is 13.2. The summed E-state index contributed by atoms with van der Waals surface area (Å²) in [4.78, 5) is 67.5. The molecule has 0 unspecified atom stereocenters. The summed E-state index contributed by atoms with van der Waals surface area (Å²) in [6, 6.07) is 59.5. The molecule has 103 heavy (non-hydrogen) atoms. The van der Waals surface area contributed by atoms with Gasteiger partial charge in [0, 0.05) is 103 Å². The first-order valence-corrected chi connectivity index (χ1v) is 38.0. The molecule has 3 aliphatic rings. The summed E-state index contributed by atoms with van der Waals surface area (Å²) in [5.74, 6) is -1.80. The van der Waals surface area contributed by atoms with E-state index < -0.39 is 56.7 Å². The lowest BCUT2D eigenvalue weighted by molar-refractivity contribution is -0.115. The van der Waals surface area contributed by atoms with Crippen LogP contribution in [0.4, 0.5) is 22.7 Å². The van der Waals surface area contributed by atoms with Crippen LogP contribution in [0.15, 0.2) is 237 Å². The minimum atomic E-state index is -3.81. The topological polar surface area (TPSA) is 341 Å². The second-order valence-corrected chi connectivity index (χ2v) is 33.1. The monoisotopic (exact) mass is 1490 g/mol. The average Bonchev–Trinajstić information content (AvgIpc) is 1.58. The zero-order valence-electron chi connectivity index (χ0n) is 56.3. The van der Waals surface area contributed by atoms with Gasteiger partial charge in [0.05, 0.1) is 66.9 Å². The molecule has 14 rings (SSSR count). The van der Waals surface area contributed by atoms with Crippen molar-refractivity contribution in [3.05, 3.63) is 262 Å². The molecule has 2 aromatic heterocycles. The predicted molar refractivity (Wildman–Crippen MR) is 395 cm³/mol. The van der Waals surface area contributed by atoms with Gasteiger partial charge in [0.2, 0.25) is 53.7 Å². The van der Waals surface area contributed by atoms with Gasteiger partial charge in [-0.1, -0.05) is 115 Å². The SMILES string of the molecule is CN(C)S(=O)(=O)c1ccc2c(c1)CC(=O)N2.CN(C)S(=O)(=O)c1ccc2c(c1)c(C(=O)c1ccccc1)c(O)n2C(=O)c1ccccc1.Cc1ccc(N=C(c2ccccc2)c2c(O)[nH]c3ccc(S(=O)(=O)N(C)C)cc23)cc1.O=C1Cc2cc(S(=O)(=O)Cl)ccc2N1.O=C1Cc2ccccc2N1. The van der Waals surface area contributed by atoms with E-state index in [0.29, 0.717) is 56.7 Å². The summed E-state index contributed by atoms with van der Waals surface area (Å²) < 4.78 is 101. The number of anilines is 3. The minimum absolute atomic E-state index is 0.0226. The number of ketones is 1. The zero-order chi connectivity index (χ0) is 74.5. The first-order chi connectivity index (χ1) is 48.7. The number of hydrogen-bond donors (Lipinski definition) is 6. The van der Waals surface area contributed by atoms with E-state index in [1.165, 1.54) is 95.1 Å². The number of halogens is 1. The van der Waals surface area contributed by atoms with Gasteiger partial charge in [-0.25, -0.2) is 56.1 Å². The molecule has 9 aromatic carbocycles. The number of carbonyl (C=O) groups excluding carboxylic acids is 5. The van der Waals surface area contributed by atoms with E-state index in [-0.39, 0.29) is 72.5 Å². The average molecular weight is 1490 g/mol. The molecule has 3 amide bonds. The highest BCUT2D eigenvalue weighted by atomic mass is 35.7. The van der Waals surface area contributed by atoms with E-state index in [2.05, 4.69) is 20.9 Å². The second-order valence-electron chi connectivity index (χ2n) is 24.1. The highest BCUT2D eigenvalue weighted by Crippen LogP contribution is 2.38. The van der Waals surface area contributed by atoms with Gasteiger partial charge in [-0.15, -0.1) is 0 Å². The van der Waals surface area contributed by atoms with Crippen molar-refractivity contribution in [3.63, 3.8) is 0 Å². The van der Waals surface area contributed by atoms with Crippen molar-refractivity contribution in [3.8, 4) is 11.8 Å². The lowest BCUT2D eigenvalue weighted by Gasteiger charge is -2.12. The van der Waals surface area contributed by atoms with Crippen molar-refractivity contribution < 1.29 is 67.9 Å². The third-order valence-corrected chi connectivity index (χ3v) is 23.2. The molecule has 0 aliphatic carbocycles. The number of aromatic hydroxyl groups is 2. The number of aromatic nitrogens is 2. The summed E-state index contributed by atoms with van der Waals surface area (Å²) >= 11 is 0. The number of H-pyrrole nitrogens is 1. The van der Waals surface area contributed by atoms with Crippen LogP contribution in [0.3, 0.4) is 0 Å². The quantitative estimate of drug-likeness (QED) is 0.0355. The maximum absolute atomic E-state index is 13.3. The molecule has 0 spiro atoms. The molecule has 0 atom stereocenters. The molecule has 11 aromatic rings. The summed E-state index contributed by atoms with van der Waals surface area (Å²) in [5.41, 5.74) is 9.80. The van der Waals surface area contributed by atoms with E-state index in [1.807, 2.05) is 85.8 Å². The Morgan fingerprint density at radius 2 is 0.874 bits per heavy atom. The Bertz CT molecular complexity index is 5630. The number of nitrogens with one attached hydrogen (secondary N) is 4. The Balaban J connectivity index is 0.000000147. The number of nitrogens with zero attached hydrogens (tertiary/aromatic N) is 5. The summed E-state index contributed by atoms with van der Waals surface area (Å²) in [7, 11) is -0.669. The van der Waals surface area contributed by atoms with Crippen LogP contribution >= 0.6 is 10.7 Å². The lowest BCUT2D eigenvalue weighted by Crippen LogP contribution is -2.22. The minimum Gasteiger partial charge on any atom is -0.494 e. The molecule has 6 N–H and O–H groups in total. The van der Waals surface area contributed by atoms with Crippen LogP contribution in [0.2, 0.25) is 0 Å². The van der Waals surface area contributed by atoms with E-state index in [4.69, 9.17) is 15.7 Å². The van der Waals surface area contributed by atoms with Crippen LogP contribution in [-0.2, 0) is 72.8 Å². The van der Waals surface area contributed by atoms with Crippen molar-refractivity contribution >= 4 is 129 Å². The molecule has 530 valence electrons. The van der Waals surface area contributed by atoms with Gasteiger partial charge in [-0.2, -0.15) is 0 Å². The van der Waals surface area contributed by atoms with Crippen LogP contribution in [-0.4, -0.2) is 144 Å². The van der Waals surface area contributed by atoms with Gasteiger partial charge in [-0.3, -0.25) is 24.0 Å². The van der Waals surface area contributed by atoms with Gasteiger partial charge in [0.1, 0.15) is 0 Å². The predicted octanol–water partition coefficient (Wildman–Crippen LogP) is 10.8. The van der Waals surface area contributed by atoms with Crippen molar-refractivity contribution in [2.75, 3.05) is 58.2 Å². The molecule has 24 nitrogen and oxygen atoms in total. The van der Waals surface area contributed by atoms with Gasteiger partial charge in [-0.05, 0) is 127 Å². The first-order valence-electron chi connectivity index (χ1n) is 31.3. The highest BCUT2D eigenvalue weighted by Gasteiger charge is 2.31. The van der Waals surface area contributed by atoms with Crippen molar-refractivity contribution in [2.24, 2.45) is 4.99 Å². The largest absolute Gasteiger partial charge is 0.494 e. The molecule has 0 radical (unpaired) electrons. The number of rotatable bonds is 13. The van der Waals surface area contributed by atoms with Gasteiger partial charge in [0.25, 0.3) is 15.0 Å². The number of aliphatic imine (C=N–C) groups is 1. The number of para-hydroxylation sites is 1. The number of amides is 3. The number of sulfonamides is 3. The van der Waals surface area contributed by atoms with Gasteiger partial charge < -0.3 is 31.1 Å².